The molecule has 0 unspecified atom stereocenters. The number of alkyl halides is 2. The van der Waals surface area contributed by atoms with Crippen molar-refractivity contribution in [2.45, 2.75) is 51.1 Å². The van der Waals surface area contributed by atoms with Gasteiger partial charge in [0.15, 0.2) is 5.82 Å². The van der Waals surface area contributed by atoms with Gasteiger partial charge in [0.2, 0.25) is 0 Å². The molecule has 178 valence electrons. The molecule has 7 nitrogen and oxygen atoms in total. The monoisotopic (exact) mass is 523 g/mol. The van der Waals surface area contributed by atoms with Gasteiger partial charge in [-0.05, 0) is 43.4 Å². The Balaban J connectivity index is 1.61. The van der Waals surface area contributed by atoms with Crippen molar-refractivity contribution < 1.29 is 18.3 Å². The number of halogens is 3. The molecule has 0 bridgehead atoms. The first-order valence-electron chi connectivity index (χ1n) is 11.5. The predicted molar refractivity (Wildman–Crippen MR) is 124 cm³/mol. The highest BCUT2D eigenvalue weighted by Crippen LogP contribution is 2.42. The lowest BCUT2D eigenvalue weighted by atomic mass is 9.98. The van der Waals surface area contributed by atoms with E-state index in [0.29, 0.717) is 37.3 Å². The summed E-state index contributed by atoms with van der Waals surface area (Å²) in [6, 6.07) is 3.55. The number of aryl methyl sites for hydroxylation is 1. The zero-order chi connectivity index (χ0) is 23.1. The summed E-state index contributed by atoms with van der Waals surface area (Å²) in [5.41, 5.74) is 3.98. The van der Waals surface area contributed by atoms with E-state index in [1.807, 2.05) is 6.07 Å². The van der Waals surface area contributed by atoms with Crippen LogP contribution < -0.4 is 10.2 Å². The lowest BCUT2D eigenvalue weighted by Gasteiger charge is -2.33. The third-order valence-corrected chi connectivity index (χ3v) is 7.60. The van der Waals surface area contributed by atoms with E-state index in [2.05, 4.69) is 30.8 Å². The highest BCUT2D eigenvalue weighted by Gasteiger charge is 2.34. The standard InChI is InChI=1S/C23H28BrF2N5O2/c1-27-23(32)29-8-4-19-17(13-29)22(28-31(19)15-5-9-33-10-6-15)30-7-2-3-14-11-18(24)16(21(25)26)12-20(14)30/h11-12,15,21H,2-10,13H2,1H3,(H,27,32). The Bertz CT molecular complexity index is 1050. The molecule has 0 radical (unpaired) electrons. The van der Waals surface area contributed by atoms with E-state index in [1.54, 1.807) is 18.0 Å². The molecule has 0 spiro atoms. The first kappa shape index (κ1) is 22.6. The van der Waals surface area contributed by atoms with Gasteiger partial charge in [-0.1, -0.05) is 15.9 Å². The van der Waals surface area contributed by atoms with Crippen LogP contribution in [0.25, 0.3) is 0 Å². The minimum absolute atomic E-state index is 0.00892. The van der Waals surface area contributed by atoms with Crippen molar-refractivity contribution in [2.75, 3.05) is 38.3 Å². The van der Waals surface area contributed by atoms with Crippen molar-refractivity contribution in [3.8, 4) is 0 Å². The number of amides is 2. The maximum absolute atomic E-state index is 13.7. The summed E-state index contributed by atoms with van der Waals surface area (Å²) < 4.78 is 35.5. The molecule has 3 aliphatic rings. The second-order valence-corrected chi connectivity index (χ2v) is 9.68. The maximum Gasteiger partial charge on any atom is 0.317 e. The normalized spacial score (nSPS) is 18.9. The molecule has 1 fully saturated rings. The van der Waals surface area contributed by atoms with E-state index in [4.69, 9.17) is 9.84 Å². The first-order valence-corrected chi connectivity index (χ1v) is 12.3. The minimum Gasteiger partial charge on any atom is -0.381 e. The van der Waals surface area contributed by atoms with Gasteiger partial charge in [0.1, 0.15) is 0 Å². The van der Waals surface area contributed by atoms with E-state index >= 15 is 0 Å². The molecule has 5 rings (SSSR count). The Morgan fingerprint density at radius 3 is 2.76 bits per heavy atom. The molecule has 10 heteroatoms. The smallest absolute Gasteiger partial charge is 0.317 e. The Hall–Kier alpha value is -2.20. The van der Waals surface area contributed by atoms with E-state index in [-0.39, 0.29) is 17.6 Å². The third kappa shape index (κ3) is 4.12. The van der Waals surface area contributed by atoms with Crippen LogP contribution >= 0.6 is 15.9 Å². The Labute approximate surface area is 200 Å². The van der Waals surface area contributed by atoms with Crippen LogP contribution in [-0.2, 0) is 24.1 Å². The number of carbonyl (C=O) groups is 1. The van der Waals surface area contributed by atoms with Gasteiger partial charge < -0.3 is 19.9 Å². The average Bonchev–Trinajstić information content (AvgIpc) is 3.21. The molecule has 0 aliphatic carbocycles. The van der Waals surface area contributed by atoms with Gasteiger partial charge in [0.25, 0.3) is 6.43 Å². The zero-order valence-electron chi connectivity index (χ0n) is 18.6. The van der Waals surface area contributed by atoms with Crippen LogP contribution in [0.1, 0.15) is 54.1 Å². The molecule has 4 heterocycles. The lowest BCUT2D eigenvalue weighted by molar-refractivity contribution is 0.0651. The average molecular weight is 524 g/mol. The van der Waals surface area contributed by atoms with Crippen LogP contribution in [0.15, 0.2) is 16.6 Å². The number of nitrogens with one attached hydrogen (secondary N) is 1. The molecule has 1 saturated heterocycles. The quantitative estimate of drug-likeness (QED) is 0.632. The maximum atomic E-state index is 13.7. The number of urea groups is 1. The van der Waals surface area contributed by atoms with Crippen molar-refractivity contribution >= 4 is 33.5 Å². The van der Waals surface area contributed by atoms with E-state index in [0.717, 1.165) is 60.4 Å². The molecule has 3 aliphatic heterocycles. The number of anilines is 2. The Morgan fingerprint density at radius 1 is 1.24 bits per heavy atom. The van der Waals surface area contributed by atoms with Crippen molar-refractivity contribution in [2.24, 2.45) is 0 Å². The molecule has 0 saturated carbocycles. The van der Waals surface area contributed by atoms with Crippen LogP contribution in [0, 0.1) is 0 Å². The van der Waals surface area contributed by atoms with Crippen molar-refractivity contribution in [3.05, 3.63) is 39.0 Å². The summed E-state index contributed by atoms with van der Waals surface area (Å²) >= 11 is 3.32. The number of rotatable bonds is 3. The second kappa shape index (κ2) is 9.21. The van der Waals surface area contributed by atoms with Crippen molar-refractivity contribution in [1.29, 1.82) is 0 Å². The van der Waals surface area contributed by atoms with Gasteiger partial charge in [-0.15, -0.1) is 0 Å². The highest BCUT2D eigenvalue weighted by molar-refractivity contribution is 9.10. The van der Waals surface area contributed by atoms with Crippen LogP contribution in [0.3, 0.4) is 0 Å². The van der Waals surface area contributed by atoms with E-state index in [9.17, 15) is 13.6 Å². The lowest BCUT2D eigenvalue weighted by Crippen LogP contribution is -2.42. The van der Waals surface area contributed by atoms with Gasteiger partial charge in [0.05, 0.1) is 12.6 Å². The summed E-state index contributed by atoms with van der Waals surface area (Å²) in [7, 11) is 1.63. The van der Waals surface area contributed by atoms with E-state index < -0.39 is 6.43 Å². The fourth-order valence-corrected chi connectivity index (χ4v) is 5.78. The highest BCUT2D eigenvalue weighted by atomic mass is 79.9. The fraction of sp³-hybridized carbons (Fsp3) is 0.565. The molecule has 1 N–H and O–H groups in total. The summed E-state index contributed by atoms with van der Waals surface area (Å²) in [6.45, 7) is 3.20. The first-order chi connectivity index (χ1) is 16.0. The number of benzene rings is 1. The molecule has 2 amide bonds. The van der Waals surface area contributed by atoms with Crippen LogP contribution in [-0.4, -0.2) is 54.1 Å². The zero-order valence-corrected chi connectivity index (χ0v) is 20.2. The molecular weight excluding hydrogens is 496 g/mol. The molecule has 33 heavy (non-hydrogen) atoms. The Morgan fingerprint density at radius 2 is 2.03 bits per heavy atom. The van der Waals surface area contributed by atoms with Gasteiger partial charge in [-0.2, -0.15) is 5.10 Å². The summed E-state index contributed by atoms with van der Waals surface area (Å²) in [6.07, 6.45) is 1.69. The number of fused-ring (bicyclic) bond motifs is 2. The largest absolute Gasteiger partial charge is 0.381 e. The van der Waals surface area contributed by atoms with Crippen LogP contribution in [0.4, 0.5) is 25.1 Å². The van der Waals surface area contributed by atoms with Crippen molar-refractivity contribution in [1.82, 2.24) is 20.0 Å². The SMILES string of the molecule is CNC(=O)N1CCc2c(c(N3CCCc4cc(Br)c(C(F)F)cc43)nn2C2CCOCC2)C1. The number of carbonyl (C=O) groups excluding carboxylic acids is 1. The van der Waals surface area contributed by atoms with Crippen LogP contribution in [0.2, 0.25) is 0 Å². The third-order valence-electron chi connectivity index (χ3n) is 6.91. The molecule has 2 aromatic rings. The second-order valence-electron chi connectivity index (χ2n) is 8.82. The molecule has 1 aromatic heterocycles. The molecule has 1 aromatic carbocycles. The molecule has 0 atom stereocenters. The Kier molecular flexibility index (Phi) is 6.30. The summed E-state index contributed by atoms with van der Waals surface area (Å²) in [5, 5.41) is 7.80. The number of hydrogen-bond donors (Lipinski definition) is 1. The van der Waals surface area contributed by atoms with Crippen molar-refractivity contribution in [3.63, 3.8) is 0 Å². The summed E-state index contributed by atoms with van der Waals surface area (Å²) in [4.78, 5) is 16.3. The topological polar surface area (TPSA) is 62.6 Å². The minimum atomic E-state index is -2.56. The fourth-order valence-electron chi connectivity index (χ4n) is 5.21. The number of ether oxygens (including phenoxy) is 1. The van der Waals surface area contributed by atoms with Gasteiger partial charge in [-0.3, -0.25) is 4.68 Å². The predicted octanol–water partition coefficient (Wildman–Crippen LogP) is 4.72. The van der Waals surface area contributed by atoms with Gasteiger partial charge in [-0.25, -0.2) is 13.6 Å². The van der Waals surface area contributed by atoms with E-state index in [1.165, 1.54) is 0 Å². The van der Waals surface area contributed by atoms with Crippen LogP contribution in [0.5, 0.6) is 0 Å². The number of aromatic nitrogens is 2. The van der Waals surface area contributed by atoms with Gasteiger partial charge >= 0.3 is 6.03 Å². The van der Waals surface area contributed by atoms with Gasteiger partial charge in [0, 0.05) is 66.8 Å². The molecular formula is C23H28BrF2N5O2. The summed E-state index contributed by atoms with van der Waals surface area (Å²) in [5.74, 6) is 0.786. The number of hydrogen-bond acceptors (Lipinski definition) is 4. The number of nitrogens with zero attached hydrogens (tertiary/aromatic N) is 4.